The van der Waals surface area contributed by atoms with E-state index in [4.69, 9.17) is 36.1 Å². The smallest absolute Gasteiger partial charge is 0.330 e. The van der Waals surface area contributed by atoms with Gasteiger partial charge in [0, 0.05) is 42.4 Å². The van der Waals surface area contributed by atoms with Crippen LogP contribution in [0.15, 0.2) is 91.0 Å². The number of unbranched alkanes of at least 4 members (excludes halogenated alkanes) is 1. The second kappa shape index (κ2) is 19.0. The molecule has 0 bridgehead atoms. The minimum atomic E-state index is -0.480. The summed E-state index contributed by atoms with van der Waals surface area (Å²) in [5.74, 6) is 0.402. The van der Waals surface area contributed by atoms with Crippen LogP contribution in [0, 0.1) is 6.92 Å². The molecular formula is C38H43N3O7. The van der Waals surface area contributed by atoms with Crippen molar-refractivity contribution in [1.82, 2.24) is 0 Å². The largest absolute Gasteiger partial charge is 0.497 e. The van der Waals surface area contributed by atoms with Gasteiger partial charge in [0.1, 0.15) is 11.5 Å². The molecule has 0 atom stereocenters. The van der Waals surface area contributed by atoms with Crippen molar-refractivity contribution < 1.29 is 33.3 Å². The Labute approximate surface area is 281 Å². The number of hydrogen-bond acceptors (Lipinski definition) is 10. The van der Waals surface area contributed by atoms with Crippen molar-refractivity contribution in [1.29, 1.82) is 0 Å². The third-order valence-electron chi connectivity index (χ3n) is 6.82. The molecule has 0 heterocycles. The number of benzene rings is 4. The van der Waals surface area contributed by atoms with Crippen molar-refractivity contribution in [2.45, 2.75) is 46.0 Å². The number of carbonyl (C=O) groups excluding carboxylic acids is 3. The maximum atomic E-state index is 11.9. The lowest BCUT2D eigenvalue weighted by molar-refractivity contribution is -0.140. The Morgan fingerprint density at radius 2 is 1.31 bits per heavy atom. The van der Waals surface area contributed by atoms with Gasteiger partial charge in [-0.3, -0.25) is 9.59 Å². The average Bonchev–Trinajstić information content (AvgIpc) is 3.06. The maximum Gasteiger partial charge on any atom is 0.330 e. The molecule has 4 rings (SSSR count). The summed E-state index contributed by atoms with van der Waals surface area (Å²) in [4.78, 5) is 35.1. The number of aryl methyl sites for hydroxylation is 1. The summed E-state index contributed by atoms with van der Waals surface area (Å²) in [5, 5.41) is 0. The summed E-state index contributed by atoms with van der Waals surface area (Å²) in [6, 6.07) is 25.6. The molecular weight excluding hydrogens is 610 g/mol. The molecule has 4 aromatic carbocycles. The second-order valence-electron chi connectivity index (χ2n) is 10.9. The van der Waals surface area contributed by atoms with Crippen LogP contribution in [0.3, 0.4) is 0 Å². The highest BCUT2D eigenvalue weighted by atomic mass is 16.5. The van der Waals surface area contributed by atoms with Crippen molar-refractivity contribution in [3.05, 3.63) is 102 Å². The first-order valence-corrected chi connectivity index (χ1v) is 15.6. The molecule has 48 heavy (non-hydrogen) atoms. The molecule has 0 amide bonds. The van der Waals surface area contributed by atoms with E-state index in [9.17, 15) is 14.4 Å². The number of carbonyl (C=O) groups is 3. The van der Waals surface area contributed by atoms with E-state index in [2.05, 4.69) is 0 Å². The Kier molecular flexibility index (Phi) is 14.5. The van der Waals surface area contributed by atoms with Gasteiger partial charge in [0.05, 0.1) is 19.4 Å². The molecule has 0 aromatic heterocycles. The number of methoxy groups -OCH3 is 1. The van der Waals surface area contributed by atoms with Gasteiger partial charge < -0.3 is 36.1 Å². The Morgan fingerprint density at radius 3 is 1.92 bits per heavy atom. The molecule has 0 aliphatic rings. The molecule has 0 saturated heterocycles. The van der Waals surface area contributed by atoms with Gasteiger partial charge in [0.2, 0.25) is 0 Å². The molecule has 0 aliphatic carbocycles. The van der Waals surface area contributed by atoms with Crippen molar-refractivity contribution in [3.63, 3.8) is 0 Å². The van der Waals surface area contributed by atoms with Crippen molar-refractivity contribution in [3.8, 4) is 28.4 Å². The highest BCUT2D eigenvalue weighted by Gasteiger charge is 2.08. The third-order valence-corrected chi connectivity index (χ3v) is 6.82. The zero-order valence-corrected chi connectivity index (χ0v) is 27.6. The number of nitrogen functional groups attached to an aromatic ring is 3. The molecule has 0 saturated carbocycles. The lowest BCUT2D eigenvalue weighted by Crippen LogP contribution is -2.10. The summed E-state index contributed by atoms with van der Waals surface area (Å²) in [6.07, 6.45) is 5.76. The molecule has 0 radical (unpaired) electrons. The van der Waals surface area contributed by atoms with Crippen LogP contribution in [0.4, 0.5) is 17.1 Å². The van der Waals surface area contributed by atoms with Gasteiger partial charge in [-0.05, 0) is 78.4 Å². The number of anilines is 3. The predicted molar refractivity (Wildman–Crippen MR) is 189 cm³/mol. The highest BCUT2D eigenvalue weighted by Crippen LogP contribution is 2.24. The Balaban J connectivity index is 0.000000348. The molecule has 252 valence electrons. The fourth-order valence-corrected chi connectivity index (χ4v) is 4.31. The van der Waals surface area contributed by atoms with Crippen LogP contribution in [0.25, 0.3) is 17.2 Å². The summed E-state index contributed by atoms with van der Waals surface area (Å²) in [7, 11) is 1.63. The minimum absolute atomic E-state index is 0.0958. The first-order chi connectivity index (χ1) is 23.1. The van der Waals surface area contributed by atoms with Crippen molar-refractivity contribution >= 4 is 41.0 Å². The van der Waals surface area contributed by atoms with E-state index >= 15 is 0 Å². The topological polar surface area (TPSA) is 166 Å². The molecule has 0 unspecified atom stereocenters. The van der Waals surface area contributed by atoms with E-state index in [1.54, 1.807) is 31.4 Å². The molecule has 0 aliphatic heterocycles. The first kappa shape index (κ1) is 36.7. The van der Waals surface area contributed by atoms with Crippen LogP contribution in [0.1, 0.15) is 50.2 Å². The van der Waals surface area contributed by atoms with Gasteiger partial charge in [-0.15, -0.1) is 0 Å². The molecule has 0 fully saturated rings. The molecule has 4 aromatic rings. The van der Waals surface area contributed by atoms with Crippen LogP contribution < -0.4 is 31.4 Å². The number of hydrogen-bond donors (Lipinski definition) is 3. The third kappa shape index (κ3) is 12.9. The molecule has 10 nitrogen and oxygen atoms in total. The Bertz CT molecular complexity index is 1660. The van der Waals surface area contributed by atoms with Gasteiger partial charge in [-0.1, -0.05) is 55.8 Å². The first-order valence-electron chi connectivity index (χ1n) is 15.6. The van der Waals surface area contributed by atoms with Crippen molar-refractivity contribution in [2.24, 2.45) is 0 Å². The summed E-state index contributed by atoms with van der Waals surface area (Å²) in [5.41, 5.74) is 22.4. The minimum Gasteiger partial charge on any atom is -0.497 e. The van der Waals surface area contributed by atoms with Crippen LogP contribution in [-0.2, 0) is 19.1 Å². The van der Waals surface area contributed by atoms with Gasteiger partial charge in [0.25, 0.3) is 0 Å². The highest BCUT2D eigenvalue weighted by molar-refractivity contribution is 5.87. The maximum absolute atomic E-state index is 11.9. The predicted octanol–water partition coefficient (Wildman–Crippen LogP) is 7.14. The van der Waals surface area contributed by atoms with Gasteiger partial charge in [-0.2, -0.15) is 0 Å². The summed E-state index contributed by atoms with van der Waals surface area (Å²) in [6.45, 7) is 4.08. The van der Waals surface area contributed by atoms with Crippen LogP contribution in [0.5, 0.6) is 17.2 Å². The number of rotatable bonds is 13. The lowest BCUT2D eigenvalue weighted by atomic mass is 10.0. The van der Waals surface area contributed by atoms with Gasteiger partial charge in [0.15, 0.2) is 5.75 Å². The van der Waals surface area contributed by atoms with E-state index in [-0.39, 0.29) is 24.7 Å². The number of nitrogens with two attached hydrogens (primary N) is 3. The lowest BCUT2D eigenvalue weighted by Gasteiger charge is -2.07. The molecule has 10 heteroatoms. The standard InChI is InChI=1S/C26H26N2O5.C12H17NO2/c1-31-23-11-9-20(10-12-23)19-7-4-18(5-8-19)6-13-25(29)32-14-2-3-26(30)33-24-16-21(27)15-22(28)17-24;1-3-4-5-12(14)15-11-7-6-9(2)8-10(11)13/h4-13,15-17H,2-3,14,27-28H2,1H3;6-8H,3-5,13H2,1-2H3/b13-6+;. The quantitative estimate of drug-likeness (QED) is 0.0444. The SMILES string of the molecule is CCCCC(=O)Oc1ccc(C)cc1N.COc1ccc(-c2ccc(/C=C/C(=O)OCCCC(=O)Oc3cc(N)cc(N)c3)cc2)cc1. The van der Waals surface area contributed by atoms with E-state index in [0.717, 1.165) is 40.8 Å². The number of esters is 3. The monoisotopic (exact) mass is 653 g/mol. The fraction of sp³-hybridized carbons (Fsp3) is 0.237. The normalized spacial score (nSPS) is 10.5. The van der Waals surface area contributed by atoms with Crippen molar-refractivity contribution in [2.75, 3.05) is 30.9 Å². The van der Waals surface area contributed by atoms with Crippen LogP contribution >= 0.6 is 0 Å². The van der Waals surface area contributed by atoms with E-state index in [0.29, 0.717) is 35.7 Å². The second-order valence-corrected chi connectivity index (χ2v) is 10.9. The number of ether oxygens (including phenoxy) is 4. The Hall–Kier alpha value is -5.77. The van der Waals surface area contributed by atoms with Gasteiger partial charge >= 0.3 is 17.9 Å². The molecule has 6 N–H and O–H groups in total. The van der Waals surface area contributed by atoms with Gasteiger partial charge in [-0.25, -0.2) is 4.79 Å². The summed E-state index contributed by atoms with van der Waals surface area (Å²) < 4.78 is 20.6. The zero-order valence-electron chi connectivity index (χ0n) is 27.6. The fourth-order valence-electron chi connectivity index (χ4n) is 4.31. The zero-order chi connectivity index (χ0) is 34.9. The summed E-state index contributed by atoms with van der Waals surface area (Å²) >= 11 is 0. The average molecular weight is 654 g/mol. The molecule has 0 spiro atoms. The Morgan fingerprint density at radius 1 is 0.708 bits per heavy atom. The van der Waals surface area contributed by atoms with Crippen LogP contribution in [-0.4, -0.2) is 31.6 Å². The van der Waals surface area contributed by atoms with Crippen LogP contribution in [0.2, 0.25) is 0 Å². The van der Waals surface area contributed by atoms with E-state index in [1.165, 1.54) is 18.2 Å². The van der Waals surface area contributed by atoms with E-state index in [1.807, 2.05) is 68.4 Å². The van der Waals surface area contributed by atoms with E-state index < -0.39 is 11.9 Å².